The second-order valence-electron chi connectivity index (χ2n) is 3.00. The highest BCUT2D eigenvalue weighted by Crippen LogP contribution is 2.11. The van der Waals surface area contributed by atoms with Crippen molar-refractivity contribution in [2.75, 3.05) is 6.61 Å². The maximum Gasteiger partial charge on any atom is 0.0774 e. The van der Waals surface area contributed by atoms with E-state index in [0.29, 0.717) is 11.4 Å². The summed E-state index contributed by atoms with van der Waals surface area (Å²) in [5.74, 6) is 0. The first-order valence-electron chi connectivity index (χ1n) is 4.25. The summed E-state index contributed by atoms with van der Waals surface area (Å²) in [7, 11) is 0. The molecule has 1 atom stereocenters. The highest BCUT2D eigenvalue weighted by Gasteiger charge is 2.01. The molecule has 3 heteroatoms. The molecule has 0 aromatic heterocycles. The fourth-order valence-electron chi connectivity index (χ4n) is 1.08. The Morgan fingerprint density at radius 2 is 1.85 bits per heavy atom. The van der Waals surface area contributed by atoms with Crippen molar-refractivity contribution in [3.63, 3.8) is 0 Å². The number of benzene rings is 1. The van der Waals surface area contributed by atoms with Gasteiger partial charge in [0.25, 0.3) is 0 Å². The third-order valence-electron chi connectivity index (χ3n) is 1.89. The number of hydrogen-bond donors (Lipinski definition) is 2. The van der Waals surface area contributed by atoms with E-state index in [-0.39, 0.29) is 6.61 Å². The summed E-state index contributed by atoms with van der Waals surface area (Å²) in [4.78, 5) is 0. The standard InChI is InChI=1S/C10H13ClO2/c11-9-4-1-8(2-5-9)3-6-10(13)7-12/h1-2,4-5,10,12-13H,3,6-7H2/t10-/m1/s1. The van der Waals surface area contributed by atoms with Crippen LogP contribution < -0.4 is 0 Å². The van der Waals surface area contributed by atoms with Gasteiger partial charge in [-0.2, -0.15) is 0 Å². The second-order valence-corrected chi connectivity index (χ2v) is 3.44. The molecular formula is C10H13ClO2. The minimum absolute atomic E-state index is 0.173. The Kier molecular flexibility index (Phi) is 4.22. The largest absolute Gasteiger partial charge is 0.394 e. The average molecular weight is 201 g/mol. The molecule has 0 spiro atoms. The molecule has 0 amide bonds. The molecule has 0 unspecified atom stereocenters. The Labute approximate surface area is 82.8 Å². The van der Waals surface area contributed by atoms with Gasteiger partial charge in [-0.3, -0.25) is 0 Å². The number of aryl methyl sites for hydroxylation is 1. The summed E-state index contributed by atoms with van der Waals surface area (Å²) in [5.41, 5.74) is 1.12. The van der Waals surface area contributed by atoms with Crippen molar-refractivity contribution in [2.24, 2.45) is 0 Å². The zero-order chi connectivity index (χ0) is 9.68. The van der Waals surface area contributed by atoms with E-state index in [1.165, 1.54) is 0 Å². The Bertz CT molecular complexity index is 246. The molecule has 1 aromatic rings. The molecule has 72 valence electrons. The van der Waals surface area contributed by atoms with Gasteiger partial charge < -0.3 is 10.2 Å². The summed E-state index contributed by atoms with van der Waals surface area (Å²) in [5, 5.41) is 18.4. The topological polar surface area (TPSA) is 40.5 Å². The van der Waals surface area contributed by atoms with E-state index in [0.717, 1.165) is 12.0 Å². The molecule has 1 rings (SSSR count). The number of aliphatic hydroxyl groups excluding tert-OH is 2. The van der Waals surface area contributed by atoms with Crippen molar-refractivity contribution in [3.05, 3.63) is 34.9 Å². The molecule has 13 heavy (non-hydrogen) atoms. The van der Waals surface area contributed by atoms with Crippen LogP contribution in [0.2, 0.25) is 5.02 Å². The summed E-state index contributed by atoms with van der Waals surface area (Å²) >= 11 is 5.71. The van der Waals surface area contributed by atoms with Crippen LogP contribution in [0.15, 0.2) is 24.3 Å². The van der Waals surface area contributed by atoms with Crippen molar-refractivity contribution in [2.45, 2.75) is 18.9 Å². The van der Waals surface area contributed by atoms with Crippen molar-refractivity contribution in [1.82, 2.24) is 0 Å². The predicted molar refractivity (Wildman–Crippen MR) is 52.9 cm³/mol. The van der Waals surface area contributed by atoms with Gasteiger partial charge in [-0.25, -0.2) is 0 Å². The van der Waals surface area contributed by atoms with Gasteiger partial charge in [0, 0.05) is 5.02 Å². The van der Waals surface area contributed by atoms with E-state index in [2.05, 4.69) is 0 Å². The number of rotatable bonds is 4. The van der Waals surface area contributed by atoms with Gasteiger partial charge in [-0.05, 0) is 30.5 Å². The van der Waals surface area contributed by atoms with E-state index in [1.807, 2.05) is 24.3 Å². The first-order valence-corrected chi connectivity index (χ1v) is 4.63. The molecule has 2 N–H and O–H groups in total. The third-order valence-corrected chi connectivity index (χ3v) is 2.14. The first-order chi connectivity index (χ1) is 6.22. The Morgan fingerprint density at radius 3 is 2.38 bits per heavy atom. The van der Waals surface area contributed by atoms with Gasteiger partial charge in [0.15, 0.2) is 0 Å². The van der Waals surface area contributed by atoms with Crippen molar-refractivity contribution < 1.29 is 10.2 Å². The lowest BCUT2D eigenvalue weighted by atomic mass is 10.1. The minimum atomic E-state index is -0.615. The van der Waals surface area contributed by atoms with Crippen molar-refractivity contribution in [1.29, 1.82) is 0 Å². The third kappa shape index (κ3) is 3.77. The molecular weight excluding hydrogens is 188 g/mol. The highest BCUT2D eigenvalue weighted by molar-refractivity contribution is 6.30. The monoisotopic (exact) mass is 200 g/mol. The summed E-state index contributed by atoms with van der Waals surface area (Å²) < 4.78 is 0. The van der Waals surface area contributed by atoms with Gasteiger partial charge >= 0.3 is 0 Å². The smallest absolute Gasteiger partial charge is 0.0774 e. The molecule has 0 fully saturated rings. The normalized spacial score (nSPS) is 12.8. The van der Waals surface area contributed by atoms with E-state index in [4.69, 9.17) is 21.8 Å². The van der Waals surface area contributed by atoms with Crippen LogP contribution in [0, 0.1) is 0 Å². The van der Waals surface area contributed by atoms with Crippen LogP contribution in [0.4, 0.5) is 0 Å². The summed E-state index contributed by atoms with van der Waals surface area (Å²) in [6.07, 6.45) is 0.729. The molecule has 0 saturated heterocycles. The van der Waals surface area contributed by atoms with E-state index in [1.54, 1.807) is 0 Å². The quantitative estimate of drug-likeness (QED) is 0.776. The van der Waals surface area contributed by atoms with Crippen molar-refractivity contribution in [3.8, 4) is 0 Å². The van der Waals surface area contributed by atoms with E-state index in [9.17, 15) is 0 Å². The lowest BCUT2D eigenvalue weighted by Gasteiger charge is -2.06. The molecule has 0 aliphatic rings. The molecule has 2 nitrogen and oxygen atoms in total. The Balaban J connectivity index is 2.41. The van der Waals surface area contributed by atoms with Gasteiger partial charge in [0.1, 0.15) is 0 Å². The van der Waals surface area contributed by atoms with E-state index >= 15 is 0 Å². The predicted octanol–water partition coefficient (Wildman–Crippen LogP) is 1.63. The fourth-order valence-corrected chi connectivity index (χ4v) is 1.20. The van der Waals surface area contributed by atoms with Crippen LogP contribution in [0.25, 0.3) is 0 Å². The van der Waals surface area contributed by atoms with E-state index < -0.39 is 6.10 Å². The zero-order valence-electron chi connectivity index (χ0n) is 7.28. The van der Waals surface area contributed by atoms with Crippen LogP contribution in [0.5, 0.6) is 0 Å². The van der Waals surface area contributed by atoms with Crippen LogP contribution in [-0.2, 0) is 6.42 Å². The fraction of sp³-hybridized carbons (Fsp3) is 0.400. The van der Waals surface area contributed by atoms with Gasteiger partial charge in [0.05, 0.1) is 12.7 Å². The van der Waals surface area contributed by atoms with Crippen LogP contribution >= 0.6 is 11.6 Å². The van der Waals surface area contributed by atoms with Gasteiger partial charge in [-0.15, -0.1) is 0 Å². The summed E-state index contributed by atoms with van der Waals surface area (Å²) in [6.45, 7) is -0.173. The second kappa shape index (κ2) is 5.22. The molecule has 0 radical (unpaired) electrons. The van der Waals surface area contributed by atoms with Crippen LogP contribution in [0.1, 0.15) is 12.0 Å². The molecule has 0 heterocycles. The maximum absolute atomic E-state index is 9.10. The average Bonchev–Trinajstić information content (AvgIpc) is 2.16. The number of aliphatic hydroxyl groups is 2. The summed E-state index contributed by atoms with van der Waals surface area (Å²) in [6, 6.07) is 7.49. The molecule has 0 bridgehead atoms. The lowest BCUT2D eigenvalue weighted by molar-refractivity contribution is 0.0886. The Morgan fingerprint density at radius 1 is 1.23 bits per heavy atom. The zero-order valence-corrected chi connectivity index (χ0v) is 8.04. The van der Waals surface area contributed by atoms with Crippen LogP contribution in [0.3, 0.4) is 0 Å². The highest BCUT2D eigenvalue weighted by atomic mass is 35.5. The molecule has 0 aliphatic carbocycles. The Hall–Kier alpha value is -0.570. The maximum atomic E-state index is 9.10. The van der Waals surface area contributed by atoms with Gasteiger partial charge in [-0.1, -0.05) is 23.7 Å². The lowest BCUT2D eigenvalue weighted by Crippen LogP contribution is -2.12. The number of halogens is 1. The molecule has 0 saturated carbocycles. The molecule has 1 aromatic carbocycles. The van der Waals surface area contributed by atoms with Crippen LogP contribution in [-0.4, -0.2) is 22.9 Å². The first kappa shape index (κ1) is 10.5. The van der Waals surface area contributed by atoms with Gasteiger partial charge in [0.2, 0.25) is 0 Å². The SMILES string of the molecule is OC[C@H](O)CCc1ccc(Cl)cc1. The minimum Gasteiger partial charge on any atom is -0.394 e. The molecule has 0 aliphatic heterocycles. The van der Waals surface area contributed by atoms with Crippen molar-refractivity contribution >= 4 is 11.6 Å². The number of hydrogen-bond acceptors (Lipinski definition) is 2.